The van der Waals surface area contributed by atoms with Gasteiger partial charge in [-0.05, 0) is 70.6 Å². The molecule has 1 atom stereocenters. The maximum absolute atomic E-state index is 15.0. The number of carboxylic acids is 1. The van der Waals surface area contributed by atoms with Crippen LogP contribution in [0.2, 0.25) is 5.02 Å². The molecule has 0 saturated heterocycles. The van der Waals surface area contributed by atoms with Gasteiger partial charge < -0.3 is 31.1 Å². The molecule has 0 unspecified atom stereocenters. The molecule has 46 heavy (non-hydrogen) atoms. The zero-order chi connectivity index (χ0) is 33.1. The molecule has 5 N–H and O–H groups in total. The van der Waals surface area contributed by atoms with E-state index in [1.807, 2.05) is 0 Å². The summed E-state index contributed by atoms with van der Waals surface area (Å²) < 4.78 is 21.1. The highest BCUT2D eigenvalue weighted by molar-refractivity contribution is 6.31. The van der Waals surface area contributed by atoms with Gasteiger partial charge in [0.1, 0.15) is 12.4 Å². The second-order valence-corrected chi connectivity index (χ2v) is 10.00. The number of benzene rings is 3. The van der Waals surface area contributed by atoms with Gasteiger partial charge in [0.25, 0.3) is 0 Å². The topological polar surface area (TPSA) is 189 Å². The van der Waals surface area contributed by atoms with Gasteiger partial charge in [0, 0.05) is 43.1 Å². The number of nitrogens with zero attached hydrogens (tertiary/aromatic N) is 4. The van der Waals surface area contributed by atoms with Crippen molar-refractivity contribution in [2.24, 2.45) is 0 Å². The number of anilines is 2. The monoisotopic (exact) mass is 650 g/mol. The Morgan fingerprint density at radius 2 is 1.72 bits per heavy atom. The Kier molecular flexibility index (Phi) is 11.5. The van der Waals surface area contributed by atoms with E-state index in [2.05, 4.69) is 36.8 Å². The number of tetrazole rings is 1. The van der Waals surface area contributed by atoms with Crippen molar-refractivity contribution in [3.8, 4) is 5.69 Å². The summed E-state index contributed by atoms with van der Waals surface area (Å²) in [5, 5.41) is 30.4. The Bertz CT molecular complexity index is 1720. The number of rotatable bonds is 13. The van der Waals surface area contributed by atoms with Crippen molar-refractivity contribution in [1.29, 1.82) is 0 Å². The van der Waals surface area contributed by atoms with Gasteiger partial charge in [-0.2, -0.15) is 4.68 Å². The average Bonchev–Trinajstić information content (AvgIpc) is 3.57. The molecule has 0 fully saturated rings. The minimum absolute atomic E-state index is 0.0281. The maximum atomic E-state index is 15.0. The lowest BCUT2D eigenvalue weighted by atomic mass is 10.0. The maximum Gasteiger partial charge on any atom is 0.335 e. The molecule has 1 heterocycles. The number of hydrogen-bond acceptors (Lipinski definition) is 8. The molecule has 0 aliphatic rings. The van der Waals surface area contributed by atoms with Gasteiger partial charge >= 0.3 is 12.0 Å². The number of methoxy groups -OCH3 is 1. The normalized spacial score (nSPS) is 11.5. The molecule has 238 valence electrons. The fraction of sp³-hybridized carbons (Fsp3) is 0.167. The van der Waals surface area contributed by atoms with Crippen LogP contribution in [0.3, 0.4) is 0 Å². The molecule has 0 radical (unpaired) electrons. The second kappa shape index (κ2) is 15.9. The summed E-state index contributed by atoms with van der Waals surface area (Å²) in [5.41, 5.74) is 1.61. The molecule has 4 aromatic rings. The first-order valence-electron chi connectivity index (χ1n) is 13.6. The van der Waals surface area contributed by atoms with E-state index in [1.54, 1.807) is 24.3 Å². The van der Waals surface area contributed by atoms with Gasteiger partial charge in [-0.15, -0.1) is 5.10 Å². The summed E-state index contributed by atoms with van der Waals surface area (Å²) in [4.78, 5) is 49.6. The molecule has 4 amide bonds. The summed E-state index contributed by atoms with van der Waals surface area (Å²) in [6, 6.07) is 13.4. The first-order valence-corrected chi connectivity index (χ1v) is 14.0. The number of halogens is 2. The number of aromatic carboxylic acids is 1. The van der Waals surface area contributed by atoms with Gasteiger partial charge in [0.2, 0.25) is 11.8 Å². The predicted molar refractivity (Wildman–Crippen MR) is 166 cm³/mol. The van der Waals surface area contributed by atoms with Crippen molar-refractivity contribution >= 4 is 52.9 Å². The number of carboxylic acid groups (broad SMARTS) is 1. The van der Waals surface area contributed by atoms with Crippen LogP contribution in [0.15, 0.2) is 73.1 Å². The number of ether oxygens (including phenoxy) is 1. The number of amides is 4. The van der Waals surface area contributed by atoms with Crippen molar-refractivity contribution < 1.29 is 33.4 Å². The van der Waals surface area contributed by atoms with Crippen molar-refractivity contribution in [3.63, 3.8) is 0 Å². The molecular formula is C30H28ClFN8O6. The van der Waals surface area contributed by atoms with Crippen molar-refractivity contribution in [1.82, 2.24) is 30.8 Å². The number of aromatic nitrogens is 4. The Labute approximate surface area is 266 Å². The van der Waals surface area contributed by atoms with Crippen LogP contribution in [0.5, 0.6) is 0 Å². The number of nitrogens with one attached hydrogen (secondary N) is 4. The van der Waals surface area contributed by atoms with Crippen LogP contribution in [-0.2, 0) is 20.7 Å². The van der Waals surface area contributed by atoms with Crippen LogP contribution in [-0.4, -0.2) is 75.4 Å². The van der Waals surface area contributed by atoms with Crippen LogP contribution in [0.25, 0.3) is 11.8 Å². The van der Waals surface area contributed by atoms with E-state index in [4.69, 9.17) is 21.4 Å². The van der Waals surface area contributed by atoms with Crippen molar-refractivity contribution in [3.05, 3.63) is 101 Å². The zero-order valence-electron chi connectivity index (χ0n) is 24.2. The van der Waals surface area contributed by atoms with Gasteiger partial charge in [-0.1, -0.05) is 23.7 Å². The summed E-state index contributed by atoms with van der Waals surface area (Å²) in [6.07, 6.45) is 3.50. The predicted octanol–water partition coefficient (Wildman–Crippen LogP) is 3.30. The molecule has 14 nitrogen and oxygen atoms in total. The van der Waals surface area contributed by atoms with Crippen LogP contribution < -0.4 is 21.3 Å². The molecule has 0 aliphatic carbocycles. The lowest BCUT2D eigenvalue weighted by molar-refractivity contribution is -0.123. The summed E-state index contributed by atoms with van der Waals surface area (Å²) in [5.74, 6) is -3.26. The lowest BCUT2D eigenvalue weighted by Crippen LogP contribution is -2.44. The number of carbonyl (C=O) groups excluding carboxylic acids is 3. The first-order chi connectivity index (χ1) is 22.1. The molecule has 0 saturated carbocycles. The van der Waals surface area contributed by atoms with Gasteiger partial charge in [-0.25, -0.2) is 14.0 Å². The van der Waals surface area contributed by atoms with Crippen molar-refractivity contribution in [2.45, 2.75) is 12.5 Å². The van der Waals surface area contributed by atoms with E-state index in [-0.39, 0.29) is 28.3 Å². The average molecular weight is 651 g/mol. The zero-order valence-corrected chi connectivity index (χ0v) is 25.0. The third kappa shape index (κ3) is 9.17. The molecule has 3 aromatic carbocycles. The fourth-order valence-corrected chi connectivity index (χ4v) is 4.27. The smallest absolute Gasteiger partial charge is 0.335 e. The van der Waals surface area contributed by atoms with E-state index in [0.29, 0.717) is 30.1 Å². The van der Waals surface area contributed by atoms with Crippen molar-refractivity contribution in [2.75, 3.05) is 30.9 Å². The van der Waals surface area contributed by atoms with E-state index < -0.39 is 35.7 Å². The molecule has 16 heteroatoms. The highest BCUT2D eigenvalue weighted by atomic mass is 35.5. The number of carbonyl (C=O) groups is 4. The van der Waals surface area contributed by atoms with Gasteiger partial charge in [0.15, 0.2) is 5.82 Å². The van der Waals surface area contributed by atoms with Crippen LogP contribution in [0, 0.1) is 5.82 Å². The quantitative estimate of drug-likeness (QED) is 0.107. The van der Waals surface area contributed by atoms with Crippen LogP contribution >= 0.6 is 11.6 Å². The SMILES string of the molecule is COCCNC(=O)Nc1ccc(C[C@H](NC(=O)/C=C/c2c(-n3cnnn3)ccc(Cl)c2F)C(=O)Nc2ccc(C(=O)O)cc2)cc1. The van der Waals surface area contributed by atoms with Crippen LogP contribution in [0.1, 0.15) is 21.5 Å². The van der Waals surface area contributed by atoms with Gasteiger partial charge in [0.05, 0.1) is 22.9 Å². The second-order valence-electron chi connectivity index (χ2n) is 9.59. The fourth-order valence-electron chi connectivity index (χ4n) is 4.10. The Hall–Kier alpha value is -5.67. The standard InChI is InChI=1S/C30H28ClFN8O6/c1-46-15-14-33-30(45)36-21-6-2-18(3-7-21)16-24(28(42)35-20-8-4-19(5-9-20)29(43)44)37-26(41)13-10-22-25(40-17-34-38-39-40)12-11-23(31)27(22)32/h2-13,17,24H,14-16H2,1H3,(H,35,42)(H,37,41)(H,43,44)(H2,33,36,45)/b13-10+/t24-/m0/s1. The summed E-state index contributed by atoms with van der Waals surface area (Å²) in [6.45, 7) is 0.683. The lowest BCUT2D eigenvalue weighted by Gasteiger charge is -2.18. The number of urea groups is 1. The molecule has 4 rings (SSSR count). The Balaban J connectivity index is 1.52. The van der Waals surface area contributed by atoms with E-state index in [0.717, 1.165) is 6.08 Å². The minimum Gasteiger partial charge on any atom is -0.478 e. The molecule has 0 bridgehead atoms. The van der Waals surface area contributed by atoms with E-state index in [1.165, 1.54) is 60.6 Å². The first kappa shape index (κ1) is 33.2. The minimum atomic E-state index is -1.13. The third-order valence-electron chi connectivity index (χ3n) is 6.38. The van der Waals surface area contributed by atoms with E-state index >= 15 is 0 Å². The van der Waals surface area contributed by atoms with Gasteiger partial charge in [-0.3, -0.25) is 9.59 Å². The van der Waals surface area contributed by atoms with Crippen LogP contribution in [0.4, 0.5) is 20.6 Å². The Morgan fingerprint density at radius 1 is 1.02 bits per heavy atom. The highest BCUT2D eigenvalue weighted by Gasteiger charge is 2.22. The third-order valence-corrected chi connectivity index (χ3v) is 6.67. The molecular weight excluding hydrogens is 623 g/mol. The molecule has 0 spiro atoms. The van der Waals surface area contributed by atoms with E-state index in [9.17, 15) is 23.6 Å². The highest BCUT2D eigenvalue weighted by Crippen LogP contribution is 2.25. The summed E-state index contributed by atoms with van der Waals surface area (Å²) >= 11 is 5.96. The number of hydrogen-bond donors (Lipinski definition) is 5. The largest absolute Gasteiger partial charge is 0.478 e. The molecule has 0 aliphatic heterocycles. The summed E-state index contributed by atoms with van der Waals surface area (Å²) in [7, 11) is 1.52. The Morgan fingerprint density at radius 3 is 2.37 bits per heavy atom. The molecule has 1 aromatic heterocycles.